The van der Waals surface area contributed by atoms with Gasteiger partial charge in [-0.1, -0.05) is 6.07 Å². The van der Waals surface area contributed by atoms with Crippen molar-refractivity contribution in [1.29, 1.82) is 0 Å². The summed E-state index contributed by atoms with van der Waals surface area (Å²) in [6.45, 7) is 2.43. The molecule has 1 atom stereocenters. The molecule has 16 heavy (non-hydrogen) atoms. The van der Waals surface area contributed by atoms with E-state index in [-0.39, 0.29) is 17.8 Å². The number of anilines is 1. The molecular formula is C12H15FN2O. The van der Waals surface area contributed by atoms with E-state index in [1.807, 2.05) is 13.0 Å². The highest BCUT2D eigenvalue weighted by Gasteiger charge is 2.20. The first-order valence-corrected chi connectivity index (χ1v) is 5.44. The first-order valence-electron chi connectivity index (χ1n) is 5.44. The lowest BCUT2D eigenvalue weighted by atomic mass is 10.2. The van der Waals surface area contributed by atoms with Crippen LogP contribution in [0.15, 0.2) is 18.2 Å². The zero-order valence-corrected chi connectivity index (χ0v) is 9.22. The van der Waals surface area contributed by atoms with Gasteiger partial charge in [-0.2, -0.15) is 0 Å². The van der Waals surface area contributed by atoms with Gasteiger partial charge in [-0.15, -0.1) is 0 Å². The molecule has 0 aliphatic carbocycles. The maximum absolute atomic E-state index is 13.5. The van der Waals surface area contributed by atoms with Gasteiger partial charge in [-0.05, 0) is 31.0 Å². The number of amides is 1. The highest BCUT2D eigenvalue weighted by Crippen LogP contribution is 2.16. The summed E-state index contributed by atoms with van der Waals surface area (Å²) >= 11 is 0. The van der Waals surface area contributed by atoms with Gasteiger partial charge in [-0.3, -0.25) is 4.79 Å². The van der Waals surface area contributed by atoms with Crippen LogP contribution in [0.25, 0.3) is 0 Å². The van der Waals surface area contributed by atoms with E-state index in [1.165, 1.54) is 6.07 Å². The molecule has 1 amide bonds. The number of carbonyl (C=O) groups excluding carboxylic acids is 1. The second-order valence-corrected chi connectivity index (χ2v) is 4.17. The van der Waals surface area contributed by atoms with Crippen molar-refractivity contribution in [3.8, 4) is 0 Å². The van der Waals surface area contributed by atoms with Gasteiger partial charge in [0, 0.05) is 19.0 Å². The standard InChI is InChI=1S/C12H15FN2O/c1-8-2-4-11(10(13)6-8)14-7-9-3-5-12(16)15-9/h2,4,6,9,14H,3,5,7H2,1H3,(H,15,16). The molecule has 1 saturated heterocycles. The van der Waals surface area contributed by atoms with Gasteiger partial charge in [0.2, 0.25) is 5.91 Å². The molecule has 1 aliphatic heterocycles. The molecule has 4 heteroatoms. The second-order valence-electron chi connectivity index (χ2n) is 4.17. The Balaban J connectivity index is 1.92. The fourth-order valence-corrected chi connectivity index (χ4v) is 1.83. The van der Waals surface area contributed by atoms with Gasteiger partial charge >= 0.3 is 0 Å². The third-order valence-corrected chi connectivity index (χ3v) is 2.75. The maximum Gasteiger partial charge on any atom is 0.220 e. The summed E-state index contributed by atoms with van der Waals surface area (Å²) in [4.78, 5) is 11.0. The van der Waals surface area contributed by atoms with Gasteiger partial charge in [0.25, 0.3) is 0 Å². The van der Waals surface area contributed by atoms with Crippen LogP contribution < -0.4 is 10.6 Å². The predicted octanol–water partition coefficient (Wildman–Crippen LogP) is 1.82. The number of carbonyl (C=O) groups is 1. The normalized spacial score (nSPS) is 19.6. The smallest absolute Gasteiger partial charge is 0.220 e. The molecule has 1 aromatic rings. The van der Waals surface area contributed by atoms with Crippen molar-refractivity contribution in [3.05, 3.63) is 29.6 Å². The zero-order valence-electron chi connectivity index (χ0n) is 9.22. The fraction of sp³-hybridized carbons (Fsp3) is 0.417. The Hall–Kier alpha value is -1.58. The van der Waals surface area contributed by atoms with Gasteiger partial charge in [-0.25, -0.2) is 4.39 Å². The minimum atomic E-state index is -0.246. The summed E-state index contributed by atoms with van der Waals surface area (Å²) in [6.07, 6.45) is 1.39. The molecule has 2 rings (SSSR count). The van der Waals surface area contributed by atoms with Crippen LogP contribution in [0, 0.1) is 12.7 Å². The SMILES string of the molecule is Cc1ccc(NCC2CCC(=O)N2)c(F)c1. The Morgan fingerprint density at radius 2 is 2.38 bits per heavy atom. The number of rotatable bonds is 3. The largest absolute Gasteiger partial charge is 0.381 e. The lowest BCUT2D eigenvalue weighted by molar-refractivity contribution is -0.119. The number of aryl methyl sites for hydroxylation is 1. The molecular weight excluding hydrogens is 207 g/mol. The average molecular weight is 222 g/mol. The van der Waals surface area contributed by atoms with Crippen molar-refractivity contribution < 1.29 is 9.18 Å². The van der Waals surface area contributed by atoms with Crippen molar-refractivity contribution in [2.45, 2.75) is 25.8 Å². The summed E-state index contributed by atoms with van der Waals surface area (Å²) in [5.41, 5.74) is 1.39. The summed E-state index contributed by atoms with van der Waals surface area (Å²) in [6, 6.07) is 5.20. The molecule has 1 unspecified atom stereocenters. The minimum Gasteiger partial charge on any atom is -0.381 e. The predicted molar refractivity (Wildman–Crippen MR) is 60.8 cm³/mol. The van der Waals surface area contributed by atoms with Crippen molar-refractivity contribution in [2.24, 2.45) is 0 Å². The molecule has 0 saturated carbocycles. The van der Waals surface area contributed by atoms with Crippen molar-refractivity contribution >= 4 is 11.6 Å². The van der Waals surface area contributed by atoms with E-state index in [2.05, 4.69) is 10.6 Å². The Kier molecular flexibility index (Phi) is 3.08. The summed E-state index contributed by atoms with van der Waals surface area (Å²) in [5.74, 6) is -0.166. The molecule has 2 N–H and O–H groups in total. The van der Waals surface area contributed by atoms with Gasteiger partial charge in [0.1, 0.15) is 5.82 Å². The summed E-state index contributed by atoms with van der Waals surface area (Å²) < 4.78 is 13.5. The zero-order chi connectivity index (χ0) is 11.5. The molecule has 0 bridgehead atoms. The first kappa shape index (κ1) is 10.9. The van der Waals surface area contributed by atoms with Crippen LogP contribution in [0.4, 0.5) is 10.1 Å². The van der Waals surface area contributed by atoms with Crippen LogP contribution in [-0.2, 0) is 4.79 Å². The topological polar surface area (TPSA) is 41.1 Å². The highest BCUT2D eigenvalue weighted by molar-refractivity contribution is 5.78. The Labute approximate surface area is 94.0 Å². The highest BCUT2D eigenvalue weighted by atomic mass is 19.1. The molecule has 1 aromatic carbocycles. The van der Waals surface area contributed by atoms with E-state index >= 15 is 0 Å². The van der Waals surface area contributed by atoms with E-state index in [0.29, 0.717) is 18.7 Å². The van der Waals surface area contributed by atoms with Gasteiger partial charge in [0.15, 0.2) is 0 Å². The fourth-order valence-electron chi connectivity index (χ4n) is 1.83. The number of nitrogens with one attached hydrogen (secondary N) is 2. The van der Waals surface area contributed by atoms with Gasteiger partial charge in [0.05, 0.1) is 5.69 Å². The first-order chi connectivity index (χ1) is 7.65. The summed E-state index contributed by atoms with van der Waals surface area (Å²) in [7, 11) is 0. The average Bonchev–Trinajstić information content (AvgIpc) is 2.63. The minimum absolute atomic E-state index is 0.0798. The Morgan fingerprint density at radius 1 is 1.56 bits per heavy atom. The summed E-state index contributed by atoms with van der Waals surface area (Å²) in [5, 5.41) is 5.84. The molecule has 3 nitrogen and oxygen atoms in total. The van der Waals surface area contributed by atoms with E-state index < -0.39 is 0 Å². The third-order valence-electron chi connectivity index (χ3n) is 2.75. The lowest BCUT2D eigenvalue weighted by Gasteiger charge is -2.13. The van der Waals surface area contributed by atoms with Gasteiger partial charge < -0.3 is 10.6 Å². The van der Waals surface area contributed by atoms with E-state index in [0.717, 1.165) is 12.0 Å². The second kappa shape index (κ2) is 4.51. The van der Waals surface area contributed by atoms with Crippen molar-refractivity contribution in [1.82, 2.24) is 5.32 Å². The molecule has 0 spiro atoms. The monoisotopic (exact) mass is 222 g/mol. The Bertz CT molecular complexity index is 406. The van der Waals surface area contributed by atoms with Crippen LogP contribution in [0.1, 0.15) is 18.4 Å². The van der Waals surface area contributed by atoms with Crippen LogP contribution in [0.2, 0.25) is 0 Å². The lowest BCUT2D eigenvalue weighted by Crippen LogP contribution is -2.31. The maximum atomic E-state index is 13.5. The van der Waals surface area contributed by atoms with Crippen LogP contribution in [0.3, 0.4) is 0 Å². The van der Waals surface area contributed by atoms with E-state index in [4.69, 9.17) is 0 Å². The van der Waals surface area contributed by atoms with E-state index in [1.54, 1.807) is 6.07 Å². The number of hydrogen-bond acceptors (Lipinski definition) is 2. The van der Waals surface area contributed by atoms with Crippen molar-refractivity contribution in [3.63, 3.8) is 0 Å². The third kappa shape index (κ3) is 2.51. The van der Waals surface area contributed by atoms with Crippen LogP contribution in [0.5, 0.6) is 0 Å². The molecule has 86 valence electrons. The van der Waals surface area contributed by atoms with Crippen LogP contribution in [-0.4, -0.2) is 18.5 Å². The molecule has 0 radical (unpaired) electrons. The molecule has 1 aliphatic rings. The molecule has 1 heterocycles. The number of hydrogen-bond donors (Lipinski definition) is 2. The van der Waals surface area contributed by atoms with Crippen molar-refractivity contribution in [2.75, 3.05) is 11.9 Å². The Morgan fingerprint density at radius 3 is 3.00 bits per heavy atom. The molecule has 1 fully saturated rings. The quantitative estimate of drug-likeness (QED) is 0.819. The van der Waals surface area contributed by atoms with E-state index in [9.17, 15) is 9.18 Å². The number of benzene rings is 1. The van der Waals surface area contributed by atoms with Crippen LogP contribution >= 0.6 is 0 Å². The number of halogens is 1. The molecule has 0 aromatic heterocycles.